The fraction of sp³-hybridized carbons (Fsp3) is 0.545. The van der Waals surface area contributed by atoms with Crippen LogP contribution in [-0.4, -0.2) is 59.4 Å². The first-order valence-corrected chi connectivity index (χ1v) is 7.65. The number of sulfonamides is 1. The minimum atomic E-state index is -3.80. The second-order valence-corrected chi connectivity index (χ2v) is 6.69. The van der Waals surface area contributed by atoms with E-state index < -0.39 is 27.3 Å². The van der Waals surface area contributed by atoms with Crippen molar-refractivity contribution in [2.45, 2.75) is 18.2 Å². The lowest BCUT2D eigenvalue weighted by Crippen LogP contribution is -2.57. The number of carboxylic acid groups (broad SMARTS) is 1. The maximum absolute atomic E-state index is 12.6. The number of piperazine rings is 1. The van der Waals surface area contributed by atoms with E-state index in [1.807, 2.05) is 0 Å². The molecule has 2 atom stereocenters. The fourth-order valence-corrected chi connectivity index (χ4v) is 3.78. The van der Waals surface area contributed by atoms with Gasteiger partial charge in [-0.2, -0.15) is 4.31 Å². The first-order valence-electron chi connectivity index (χ1n) is 6.14. The van der Waals surface area contributed by atoms with Crippen LogP contribution in [0, 0.1) is 0 Å². The molecular formula is C11H16N4O4S. The lowest BCUT2D eigenvalue weighted by atomic mass is 10.2. The third-order valence-electron chi connectivity index (χ3n) is 3.25. The van der Waals surface area contributed by atoms with Crippen molar-refractivity contribution in [2.24, 2.45) is 0 Å². The molecule has 1 aliphatic rings. The molecule has 1 aliphatic heterocycles. The second-order valence-electron chi connectivity index (χ2n) is 4.49. The smallest absolute Gasteiger partial charge is 0.323 e. The van der Waals surface area contributed by atoms with Crippen molar-refractivity contribution in [2.75, 3.05) is 19.6 Å². The van der Waals surface area contributed by atoms with E-state index in [-0.39, 0.29) is 13.1 Å². The van der Waals surface area contributed by atoms with Crippen LogP contribution in [-0.2, 0) is 14.8 Å². The summed E-state index contributed by atoms with van der Waals surface area (Å²) in [5.74, 6) is -1.16. The zero-order valence-corrected chi connectivity index (χ0v) is 11.7. The van der Waals surface area contributed by atoms with Crippen LogP contribution < -0.4 is 5.32 Å². The molecule has 0 saturated carbocycles. The molecule has 20 heavy (non-hydrogen) atoms. The lowest BCUT2D eigenvalue weighted by Gasteiger charge is -2.34. The van der Waals surface area contributed by atoms with Gasteiger partial charge in [-0.25, -0.2) is 8.42 Å². The summed E-state index contributed by atoms with van der Waals surface area (Å²) in [5, 5.41) is 11.1. The van der Waals surface area contributed by atoms with Gasteiger partial charge in [-0.3, -0.25) is 14.8 Å². The number of carboxylic acids is 1. The molecule has 1 saturated heterocycles. The molecule has 0 aliphatic carbocycles. The zero-order chi connectivity index (χ0) is 14.8. The number of rotatable bonds is 4. The average Bonchev–Trinajstić information content (AvgIpc) is 2.47. The third kappa shape index (κ3) is 2.79. The minimum Gasteiger partial charge on any atom is -0.480 e. The van der Waals surface area contributed by atoms with Crippen molar-refractivity contribution in [3.63, 3.8) is 0 Å². The van der Waals surface area contributed by atoms with Gasteiger partial charge >= 0.3 is 5.97 Å². The fourth-order valence-electron chi connectivity index (χ4n) is 2.08. The summed E-state index contributed by atoms with van der Waals surface area (Å²) in [6, 6.07) is -1.09. The molecule has 0 bridgehead atoms. The molecule has 2 N–H and O–H groups in total. The monoisotopic (exact) mass is 300 g/mol. The molecule has 0 unspecified atom stereocenters. The van der Waals surface area contributed by atoms with E-state index in [1.54, 1.807) is 0 Å². The number of nitrogens with zero attached hydrogens (tertiary/aromatic N) is 3. The van der Waals surface area contributed by atoms with Gasteiger partial charge in [0, 0.05) is 38.2 Å². The van der Waals surface area contributed by atoms with Crippen LogP contribution in [0.3, 0.4) is 0 Å². The van der Waals surface area contributed by atoms with Crippen molar-refractivity contribution < 1.29 is 18.3 Å². The van der Waals surface area contributed by atoms with E-state index in [9.17, 15) is 13.2 Å². The molecule has 0 aromatic carbocycles. The average molecular weight is 300 g/mol. The standard InChI is InChI=1S/C11H16N4O4S/c1-8(9-6-12-2-3-14-9)20(18,19)15-5-4-13-7-10(15)11(16)17/h2-3,6,8,10,13H,4-5,7H2,1H3,(H,16,17)/t8-,10+/m1/s1. The van der Waals surface area contributed by atoms with Crippen LogP contribution in [0.2, 0.25) is 0 Å². The normalized spacial score (nSPS) is 22.4. The maximum Gasteiger partial charge on any atom is 0.323 e. The summed E-state index contributed by atoms with van der Waals surface area (Å²) in [5.41, 5.74) is 0.301. The molecule has 0 amide bonds. The highest BCUT2D eigenvalue weighted by atomic mass is 32.2. The number of nitrogens with one attached hydrogen (secondary N) is 1. The summed E-state index contributed by atoms with van der Waals surface area (Å²) in [6.07, 6.45) is 4.24. The van der Waals surface area contributed by atoms with Crippen molar-refractivity contribution in [1.29, 1.82) is 0 Å². The highest BCUT2D eigenvalue weighted by Gasteiger charge is 2.40. The number of aliphatic carboxylic acids is 1. The Morgan fingerprint density at radius 1 is 1.55 bits per heavy atom. The number of hydrogen-bond acceptors (Lipinski definition) is 6. The quantitative estimate of drug-likeness (QED) is 0.750. The molecule has 9 heteroatoms. The number of hydrogen-bond donors (Lipinski definition) is 2. The van der Waals surface area contributed by atoms with Gasteiger partial charge in [0.2, 0.25) is 10.0 Å². The van der Waals surface area contributed by atoms with Crippen LogP contribution in [0.15, 0.2) is 18.6 Å². The number of carbonyl (C=O) groups is 1. The first-order chi connectivity index (χ1) is 9.44. The van der Waals surface area contributed by atoms with Crippen LogP contribution in [0.5, 0.6) is 0 Å². The summed E-state index contributed by atoms with van der Waals surface area (Å²) in [6.45, 7) is 2.14. The largest absolute Gasteiger partial charge is 0.480 e. The summed E-state index contributed by atoms with van der Waals surface area (Å²) in [7, 11) is -3.80. The van der Waals surface area contributed by atoms with Crippen LogP contribution in [0.25, 0.3) is 0 Å². The van der Waals surface area contributed by atoms with Gasteiger partial charge in [0.1, 0.15) is 11.3 Å². The van der Waals surface area contributed by atoms with E-state index >= 15 is 0 Å². The Morgan fingerprint density at radius 3 is 2.90 bits per heavy atom. The zero-order valence-electron chi connectivity index (χ0n) is 10.9. The SMILES string of the molecule is C[C@H](c1cnccn1)S(=O)(=O)N1CCNC[C@H]1C(=O)O. The molecule has 110 valence electrons. The first kappa shape index (κ1) is 14.8. The topological polar surface area (TPSA) is 112 Å². The lowest BCUT2D eigenvalue weighted by molar-refractivity contribution is -0.141. The molecular weight excluding hydrogens is 284 g/mol. The van der Waals surface area contributed by atoms with Gasteiger partial charge in [-0.15, -0.1) is 0 Å². The Hall–Kier alpha value is -1.58. The Morgan fingerprint density at radius 2 is 2.30 bits per heavy atom. The summed E-state index contributed by atoms with van der Waals surface area (Å²) >= 11 is 0. The predicted molar refractivity (Wildman–Crippen MR) is 70.4 cm³/mol. The van der Waals surface area contributed by atoms with Gasteiger partial charge in [0.15, 0.2) is 0 Å². The predicted octanol–water partition coefficient (Wildman–Crippen LogP) is -0.774. The van der Waals surface area contributed by atoms with E-state index in [0.717, 1.165) is 4.31 Å². The minimum absolute atomic E-state index is 0.0990. The van der Waals surface area contributed by atoms with E-state index in [2.05, 4.69) is 15.3 Å². The molecule has 1 aromatic rings. The summed E-state index contributed by atoms with van der Waals surface area (Å²) < 4.78 is 26.2. The molecule has 2 heterocycles. The maximum atomic E-state index is 12.6. The Labute approximate surface area is 116 Å². The number of aromatic nitrogens is 2. The molecule has 0 radical (unpaired) electrons. The van der Waals surface area contributed by atoms with Crippen LogP contribution in [0.4, 0.5) is 0 Å². The van der Waals surface area contributed by atoms with Gasteiger partial charge < -0.3 is 10.4 Å². The van der Waals surface area contributed by atoms with Gasteiger partial charge in [0.25, 0.3) is 0 Å². The highest BCUT2D eigenvalue weighted by Crippen LogP contribution is 2.25. The third-order valence-corrected chi connectivity index (χ3v) is 5.48. The van der Waals surface area contributed by atoms with Crippen molar-refractivity contribution >= 4 is 16.0 Å². The van der Waals surface area contributed by atoms with Crippen LogP contribution >= 0.6 is 0 Å². The van der Waals surface area contributed by atoms with Gasteiger partial charge in [0.05, 0.1) is 5.69 Å². The van der Waals surface area contributed by atoms with E-state index in [1.165, 1.54) is 25.5 Å². The van der Waals surface area contributed by atoms with Gasteiger partial charge in [-0.1, -0.05) is 0 Å². The summed E-state index contributed by atoms with van der Waals surface area (Å²) in [4.78, 5) is 19.0. The van der Waals surface area contributed by atoms with Crippen molar-refractivity contribution in [3.05, 3.63) is 24.3 Å². The highest BCUT2D eigenvalue weighted by molar-refractivity contribution is 7.89. The molecule has 1 fully saturated rings. The van der Waals surface area contributed by atoms with E-state index in [4.69, 9.17) is 5.11 Å². The van der Waals surface area contributed by atoms with E-state index in [0.29, 0.717) is 12.2 Å². The Balaban J connectivity index is 2.31. The molecule has 0 spiro atoms. The Kier molecular flexibility index (Phi) is 4.31. The molecule has 8 nitrogen and oxygen atoms in total. The van der Waals surface area contributed by atoms with Crippen molar-refractivity contribution in [1.82, 2.24) is 19.6 Å². The van der Waals surface area contributed by atoms with Crippen molar-refractivity contribution in [3.8, 4) is 0 Å². The van der Waals surface area contributed by atoms with Gasteiger partial charge in [-0.05, 0) is 6.92 Å². The second kappa shape index (κ2) is 5.81. The molecule has 1 aromatic heterocycles. The van der Waals surface area contributed by atoms with Crippen LogP contribution in [0.1, 0.15) is 17.9 Å². The Bertz CT molecular complexity index is 577. The molecule has 2 rings (SSSR count).